The summed E-state index contributed by atoms with van der Waals surface area (Å²) in [6, 6.07) is 7.51. The van der Waals surface area contributed by atoms with Crippen LogP contribution in [0.5, 0.6) is 0 Å². The monoisotopic (exact) mass is 347 g/mol. The Hall–Kier alpha value is -0.870. The maximum Gasteiger partial charge on any atom is 0.241 e. The lowest BCUT2D eigenvalue weighted by atomic mass is 9.53. The molecule has 0 amide bonds. The standard InChI is InChI=1S/C20H29NO2S/c1-3-14(2)18-4-6-19(7-5-18)24(22,23)21-20-11-15-8-16(12-20)10-17(9-15)13-20/h4-7,14-17,21H,3,8-13H2,1-2H3. The molecule has 1 N–H and O–H groups in total. The van der Waals surface area contributed by atoms with E-state index in [1.807, 2.05) is 12.1 Å². The van der Waals surface area contributed by atoms with Gasteiger partial charge in [0, 0.05) is 5.54 Å². The summed E-state index contributed by atoms with van der Waals surface area (Å²) in [5.74, 6) is 2.70. The Morgan fingerprint density at radius 3 is 2.00 bits per heavy atom. The van der Waals surface area contributed by atoms with Crippen LogP contribution in [-0.4, -0.2) is 14.0 Å². The van der Waals surface area contributed by atoms with E-state index in [0.717, 1.165) is 43.4 Å². The SMILES string of the molecule is CCC(C)c1ccc(S(=O)(=O)NC23CC4CC(CC(C4)C2)C3)cc1. The first-order valence-electron chi connectivity index (χ1n) is 9.53. The average molecular weight is 348 g/mol. The zero-order chi connectivity index (χ0) is 16.9. The fourth-order valence-electron chi connectivity index (χ4n) is 5.79. The van der Waals surface area contributed by atoms with E-state index in [1.54, 1.807) is 12.1 Å². The van der Waals surface area contributed by atoms with Crippen molar-refractivity contribution in [1.29, 1.82) is 0 Å². The van der Waals surface area contributed by atoms with Crippen LogP contribution in [0.3, 0.4) is 0 Å². The van der Waals surface area contributed by atoms with Gasteiger partial charge in [-0.1, -0.05) is 26.0 Å². The van der Waals surface area contributed by atoms with E-state index in [0.29, 0.717) is 10.8 Å². The van der Waals surface area contributed by atoms with Gasteiger partial charge in [0.25, 0.3) is 0 Å². The molecule has 4 saturated carbocycles. The first-order valence-corrected chi connectivity index (χ1v) is 11.0. The van der Waals surface area contributed by atoms with E-state index in [9.17, 15) is 8.42 Å². The van der Waals surface area contributed by atoms with Crippen LogP contribution >= 0.6 is 0 Å². The molecule has 1 atom stereocenters. The van der Waals surface area contributed by atoms with Gasteiger partial charge < -0.3 is 0 Å². The predicted octanol–water partition coefficient (Wildman–Crippen LogP) is 4.45. The fraction of sp³-hybridized carbons (Fsp3) is 0.700. The Morgan fingerprint density at radius 2 is 1.54 bits per heavy atom. The number of rotatable bonds is 5. The highest BCUT2D eigenvalue weighted by Gasteiger charge is 2.52. The second-order valence-electron chi connectivity index (χ2n) is 8.68. The van der Waals surface area contributed by atoms with Crippen LogP contribution in [0.1, 0.15) is 70.3 Å². The lowest BCUT2D eigenvalue weighted by molar-refractivity contribution is -0.00810. The van der Waals surface area contributed by atoms with E-state index < -0.39 is 10.0 Å². The highest BCUT2D eigenvalue weighted by Crippen LogP contribution is 2.55. The molecule has 0 heterocycles. The van der Waals surface area contributed by atoms with Gasteiger partial charge in [-0.2, -0.15) is 0 Å². The zero-order valence-electron chi connectivity index (χ0n) is 14.8. The molecule has 1 aromatic rings. The summed E-state index contributed by atoms with van der Waals surface area (Å²) >= 11 is 0. The summed E-state index contributed by atoms with van der Waals surface area (Å²) in [6.45, 7) is 4.33. The van der Waals surface area contributed by atoms with Crippen LogP contribution in [0.15, 0.2) is 29.2 Å². The van der Waals surface area contributed by atoms with Crippen molar-refractivity contribution in [3.63, 3.8) is 0 Å². The Morgan fingerprint density at radius 1 is 1.04 bits per heavy atom. The van der Waals surface area contributed by atoms with E-state index in [1.165, 1.54) is 24.8 Å². The quantitative estimate of drug-likeness (QED) is 0.855. The molecule has 1 unspecified atom stereocenters. The molecule has 4 heteroatoms. The normalized spacial score (nSPS) is 36.0. The molecule has 1 aromatic carbocycles. The van der Waals surface area contributed by atoms with Crippen molar-refractivity contribution in [3.8, 4) is 0 Å². The van der Waals surface area contributed by atoms with Crippen molar-refractivity contribution in [1.82, 2.24) is 4.72 Å². The minimum Gasteiger partial charge on any atom is -0.207 e. The van der Waals surface area contributed by atoms with Gasteiger partial charge in [-0.25, -0.2) is 13.1 Å². The van der Waals surface area contributed by atoms with E-state index in [-0.39, 0.29) is 5.54 Å². The molecule has 0 aliphatic heterocycles. The third-order valence-electron chi connectivity index (χ3n) is 6.76. The Kier molecular flexibility index (Phi) is 4.04. The first-order chi connectivity index (χ1) is 11.4. The highest BCUT2D eigenvalue weighted by molar-refractivity contribution is 7.89. The Bertz CT molecular complexity index is 672. The van der Waals surface area contributed by atoms with Gasteiger partial charge in [0.15, 0.2) is 0 Å². The van der Waals surface area contributed by atoms with E-state index >= 15 is 0 Å². The Balaban J connectivity index is 1.55. The van der Waals surface area contributed by atoms with Crippen LogP contribution in [-0.2, 0) is 10.0 Å². The number of nitrogens with one attached hydrogen (secondary N) is 1. The third-order valence-corrected chi connectivity index (χ3v) is 8.36. The van der Waals surface area contributed by atoms with Gasteiger partial charge >= 0.3 is 0 Å². The molecule has 0 aromatic heterocycles. The van der Waals surface area contributed by atoms with Crippen molar-refractivity contribution in [3.05, 3.63) is 29.8 Å². The van der Waals surface area contributed by atoms with Crippen molar-refractivity contribution >= 4 is 10.0 Å². The van der Waals surface area contributed by atoms with Crippen LogP contribution in [0.4, 0.5) is 0 Å². The van der Waals surface area contributed by atoms with E-state index in [4.69, 9.17) is 0 Å². The zero-order valence-corrected chi connectivity index (χ0v) is 15.6. The summed E-state index contributed by atoms with van der Waals surface area (Å²) in [7, 11) is -3.42. The number of sulfonamides is 1. The van der Waals surface area contributed by atoms with Crippen molar-refractivity contribution in [2.24, 2.45) is 17.8 Å². The summed E-state index contributed by atoms with van der Waals surface area (Å²) in [6.07, 6.45) is 8.17. The summed E-state index contributed by atoms with van der Waals surface area (Å²) in [5, 5.41) is 0. The minimum absolute atomic E-state index is 0.164. The van der Waals surface area contributed by atoms with Crippen LogP contribution in [0, 0.1) is 17.8 Å². The molecule has 4 bridgehead atoms. The summed E-state index contributed by atoms with van der Waals surface area (Å²) in [5.41, 5.74) is 1.05. The average Bonchev–Trinajstić information content (AvgIpc) is 2.52. The van der Waals surface area contributed by atoms with Gasteiger partial charge in [0.1, 0.15) is 0 Å². The second-order valence-corrected chi connectivity index (χ2v) is 10.4. The maximum absolute atomic E-state index is 13.0. The Labute approximate surface area is 146 Å². The number of benzene rings is 1. The minimum atomic E-state index is -3.42. The molecule has 4 aliphatic carbocycles. The molecular weight excluding hydrogens is 318 g/mol. The molecular formula is C20H29NO2S. The van der Waals surface area contributed by atoms with Crippen LogP contribution in [0.25, 0.3) is 0 Å². The van der Waals surface area contributed by atoms with Crippen molar-refractivity contribution in [2.45, 2.75) is 75.1 Å². The molecule has 4 aliphatic rings. The van der Waals surface area contributed by atoms with E-state index in [2.05, 4.69) is 18.6 Å². The lowest BCUT2D eigenvalue weighted by Gasteiger charge is -2.56. The molecule has 4 fully saturated rings. The first kappa shape index (κ1) is 16.6. The van der Waals surface area contributed by atoms with Gasteiger partial charge in [-0.05, 0) is 86.3 Å². The van der Waals surface area contributed by atoms with Crippen LogP contribution < -0.4 is 4.72 Å². The topological polar surface area (TPSA) is 46.2 Å². The third kappa shape index (κ3) is 2.92. The molecule has 132 valence electrons. The molecule has 24 heavy (non-hydrogen) atoms. The smallest absolute Gasteiger partial charge is 0.207 e. The van der Waals surface area contributed by atoms with Crippen LogP contribution in [0.2, 0.25) is 0 Å². The van der Waals surface area contributed by atoms with Gasteiger partial charge in [0.2, 0.25) is 10.0 Å². The predicted molar refractivity (Wildman–Crippen MR) is 96.4 cm³/mol. The second kappa shape index (κ2) is 5.84. The summed E-state index contributed by atoms with van der Waals surface area (Å²) in [4.78, 5) is 0.422. The molecule has 0 saturated heterocycles. The van der Waals surface area contributed by atoms with Gasteiger partial charge in [-0.3, -0.25) is 0 Å². The van der Waals surface area contributed by atoms with Gasteiger partial charge in [0.05, 0.1) is 4.90 Å². The molecule has 5 rings (SSSR count). The number of hydrogen-bond donors (Lipinski definition) is 1. The van der Waals surface area contributed by atoms with Crippen molar-refractivity contribution < 1.29 is 8.42 Å². The molecule has 3 nitrogen and oxygen atoms in total. The highest BCUT2D eigenvalue weighted by atomic mass is 32.2. The largest absolute Gasteiger partial charge is 0.241 e. The van der Waals surface area contributed by atoms with Crippen molar-refractivity contribution in [2.75, 3.05) is 0 Å². The van der Waals surface area contributed by atoms with Gasteiger partial charge in [-0.15, -0.1) is 0 Å². The maximum atomic E-state index is 13.0. The lowest BCUT2D eigenvalue weighted by Crippen LogP contribution is -2.59. The molecule has 0 spiro atoms. The molecule has 0 radical (unpaired) electrons. The fourth-order valence-corrected chi connectivity index (χ4v) is 7.22. The summed E-state index contributed by atoms with van der Waals surface area (Å²) < 4.78 is 29.1. The number of hydrogen-bond acceptors (Lipinski definition) is 2.